The highest BCUT2D eigenvalue weighted by atomic mass is 16.5. The van der Waals surface area contributed by atoms with E-state index in [-0.39, 0.29) is 11.8 Å². The molecule has 0 bridgehead atoms. The number of phenols is 1. The number of benzene rings is 1. The van der Waals surface area contributed by atoms with Gasteiger partial charge in [-0.25, -0.2) is 4.98 Å². The van der Waals surface area contributed by atoms with Crippen LogP contribution in [0.4, 0.5) is 5.82 Å². The molecule has 0 radical (unpaired) electrons. The fraction of sp³-hybridized carbons (Fsp3) is 0.353. The van der Waals surface area contributed by atoms with Crippen LogP contribution in [-0.2, 0) is 4.74 Å². The lowest BCUT2D eigenvalue weighted by molar-refractivity contribution is 0.0875. The van der Waals surface area contributed by atoms with Crippen molar-refractivity contribution in [3.63, 3.8) is 0 Å². The summed E-state index contributed by atoms with van der Waals surface area (Å²) in [6.45, 7) is 3.41. The van der Waals surface area contributed by atoms with Gasteiger partial charge in [0.2, 0.25) is 0 Å². The molecule has 0 spiro atoms. The zero-order valence-corrected chi connectivity index (χ0v) is 13.4. The summed E-state index contributed by atoms with van der Waals surface area (Å²) < 4.78 is 7.33. The van der Waals surface area contributed by atoms with Gasteiger partial charge in [-0.3, -0.25) is 4.40 Å². The Hall–Kier alpha value is -2.67. The van der Waals surface area contributed by atoms with Gasteiger partial charge in [0.15, 0.2) is 17.3 Å². The molecule has 3 aromatic rings. The molecular formula is C17H19N5O2. The van der Waals surface area contributed by atoms with Crippen molar-refractivity contribution < 1.29 is 9.84 Å². The minimum absolute atomic E-state index is 0.181. The van der Waals surface area contributed by atoms with Crippen molar-refractivity contribution in [2.45, 2.75) is 25.8 Å². The summed E-state index contributed by atoms with van der Waals surface area (Å²) in [5, 5.41) is 22.2. The Balaban J connectivity index is 1.74. The van der Waals surface area contributed by atoms with E-state index in [2.05, 4.69) is 20.5 Å². The molecule has 7 nitrogen and oxygen atoms in total. The molecule has 124 valence electrons. The first kappa shape index (κ1) is 14.9. The summed E-state index contributed by atoms with van der Waals surface area (Å²) in [5.74, 6) is 1.37. The van der Waals surface area contributed by atoms with E-state index in [1.807, 2.05) is 29.7 Å². The van der Waals surface area contributed by atoms with Gasteiger partial charge in [0.05, 0.1) is 18.2 Å². The fourth-order valence-corrected chi connectivity index (χ4v) is 3.00. The molecule has 2 N–H and O–H groups in total. The fourth-order valence-electron chi connectivity index (χ4n) is 3.00. The van der Waals surface area contributed by atoms with Crippen LogP contribution in [0.15, 0.2) is 30.6 Å². The zero-order chi connectivity index (χ0) is 16.5. The molecule has 2 aromatic heterocycles. The van der Waals surface area contributed by atoms with Crippen LogP contribution in [0.2, 0.25) is 0 Å². The molecule has 0 saturated carbocycles. The van der Waals surface area contributed by atoms with E-state index >= 15 is 0 Å². The number of rotatable bonds is 3. The predicted octanol–water partition coefficient (Wildman–Crippen LogP) is 2.40. The monoisotopic (exact) mass is 325 g/mol. The second-order valence-electron chi connectivity index (χ2n) is 6.07. The lowest BCUT2D eigenvalue weighted by Gasteiger charge is -2.23. The van der Waals surface area contributed by atoms with Crippen LogP contribution in [0.1, 0.15) is 18.4 Å². The normalized spacial score (nSPS) is 18.0. The first-order valence-corrected chi connectivity index (χ1v) is 8.06. The Morgan fingerprint density at radius 1 is 1.33 bits per heavy atom. The van der Waals surface area contributed by atoms with Crippen molar-refractivity contribution in [2.24, 2.45) is 0 Å². The highest BCUT2D eigenvalue weighted by molar-refractivity contribution is 5.71. The van der Waals surface area contributed by atoms with Gasteiger partial charge in [-0.1, -0.05) is 6.07 Å². The predicted molar refractivity (Wildman–Crippen MR) is 90.1 cm³/mol. The molecule has 3 heterocycles. The molecule has 1 atom stereocenters. The molecule has 1 aromatic carbocycles. The number of hydrogen-bond acceptors (Lipinski definition) is 6. The Morgan fingerprint density at radius 2 is 2.25 bits per heavy atom. The molecule has 4 rings (SSSR count). The van der Waals surface area contributed by atoms with Gasteiger partial charge in [-0.15, -0.1) is 10.2 Å². The maximum Gasteiger partial charge on any atom is 0.192 e. The topological polar surface area (TPSA) is 84.6 Å². The smallest absolute Gasteiger partial charge is 0.192 e. The number of ether oxygens (including phenoxy) is 1. The number of hydrogen-bond donors (Lipinski definition) is 2. The van der Waals surface area contributed by atoms with Gasteiger partial charge in [-0.2, -0.15) is 0 Å². The average molecular weight is 325 g/mol. The molecule has 0 amide bonds. The van der Waals surface area contributed by atoms with Gasteiger partial charge in [0.25, 0.3) is 0 Å². The van der Waals surface area contributed by atoms with E-state index in [9.17, 15) is 5.11 Å². The Labute approximate surface area is 139 Å². The highest BCUT2D eigenvalue weighted by Crippen LogP contribution is 2.29. The molecule has 1 aliphatic heterocycles. The summed E-state index contributed by atoms with van der Waals surface area (Å²) in [6.07, 6.45) is 5.59. The lowest BCUT2D eigenvalue weighted by Crippen LogP contribution is -2.30. The number of aryl methyl sites for hydroxylation is 1. The molecule has 1 saturated heterocycles. The second kappa shape index (κ2) is 6.09. The Bertz CT molecular complexity index is 871. The Kier molecular flexibility index (Phi) is 3.78. The second-order valence-corrected chi connectivity index (χ2v) is 6.07. The maximum absolute atomic E-state index is 10.2. The third kappa shape index (κ3) is 2.67. The minimum atomic E-state index is 0.181. The molecule has 1 fully saturated rings. The van der Waals surface area contributed by atoms with Crippen LogP contribution >= 0.6 is 0 Å². The zero-order valence-electron chi connectivity index (χ0n) is 13.4. The van der Waals surface area contributed by atoms with E-state index < -0.39 is 0 Å². The van der Waals surface area contributed by atoms with Crippen LogP contribution in [0.3, 0.4) is 0 Å². The minimum Gasteiger partial charge on any atom is -0.507 e. The van der Waals surface area contributed by atoms with Crippen LogP contribution < -0.4 is 5.32 Å². The SMILES string of the molecule is Cc1ccc(-c2nnc(N[C@@H]3CCCOC3)c3nccn23)c(O)c1. The summed E-state index contributed by atoms with van der Waals surface area (Å²) >= 11 is 0. The van der Waals surface area contributed by atoms with E-state index in [1.54, 1.807) is 12.3 Å². The average Bonchev–Trinajstić information content (AvgIpc) is 3.07. The summed E-state index contributed by atoms with van der Waals surface area (Å²) in [4.78, 5) is 4.39. The number of fused-ring (bicyclic) bond motifs is 1. The van der Waals surface area contributed by atoms with E-state index in [4.69, 9.17) is 4.74 Å². The van der Waals surface area contributed by atoms with Crippen molar-refractivity contribution >= 4 is 11.5 Å². The highest BCUT2D eigenvalue weighted by Gasteiger charge is 2.19. The Morgan fingerprint density at radius 3 is 3.04 bits per heavy atom. The lowest BCUT2D eigenvalue weighted by atomic mass is 10.1. The van der Waals surface area contributed by atoms with Gasteiger partial charge in [-0.05, 0) is 37.5 Å². The number of nitrogens with one attached hydrogen (secondary N) is 1. The largest absolute Gasteiger partial charge is 0.507 e. The van der Waals surface area contributed by atoms with Crippen molar-refractivity contribution in [3.05, 3.63) is 36.2 Å². The molecule has 1 aliphatic rings. The quantitative estimate of drug-likeness (QED) is 0.769. The van der Waals surface area contributed by atoms with E-state index in [1.165, 1.54) is 0 Å². The summed E-state index contributed by atoms with van der Waals surface area (Å²) in [5.41, 5.74) is 2.30. The van der Waals surface area contributed by atoms with E-state index in [0.717, 1.165) is 25.0 Å². The molecule has 7 heteroatoms. The number of aromatic hydroxyl groups is 1. The maximum atomic E-state index is 10.2. The van der Waals surface area contributed by atoms with Gasteiger partial charge in [0, 0.05) is 19.0 Å². The van der Waals surface area contributed by atoms with Crippen molar-refractivity contribution in [1.29, 1.82) is 0 Å². The van der Waals surface area contributed by atoms with Crippen LogP contribution in [0.5, 0.6) is 5.75 Å². The standard InChI is InChI=1S/C17H19N5O2/c1-11-4-5-13(14(23)9-11)16-21-20-15(17-18-6-7-22(16)17)19-12-3-2-8-24-10-12/h4-7,9,12,23H,2-3,8,10H2,1H3,(H,19,20)/t12-/m1/s1. The number of nitrogens with zero attached hydrogens (tertiary/aromatic N) is 4. The van der Waals surface area contributed by atoms with Crippen molar-refractivity contribution in [2.75, 3.05) is 18.5 Å². The third-order valence-electron chi connectivity index (χ3n) is 4.22. The molecule has 24 heavy (non-hydrogen) atoms. The van der Waals surface area contributed by atoms with Crippen molar-refractivity contribution in [3.8, 4) is 17.1 Å². The van der Waals surface area contributed by atoms with Crippen LogP contribution in [-0.4, -0.2) is 43.9 Å². The number of aromatic nitrogens is 4. The third-order valence-corrected chi connectivity index (χ3v) is 4.22. The van der Waals surface area contributed by atoms with Crippen LogP contribution in [0, 0.1) is 6.92 Å². The summed E-state index contributed by atoms with van der Waals surface area (Å²) in [7, 11) is 0. The number of phenolic OH excluding ortho intramolecular Hbond substituents is 1. The number of imidazole rings is 1. The summed E-state index contributed by atoms with van der Waals surface area (Å²) in [6, 6.07) is 5.71. The molecule has 0 aliphatic carbocycles. The van der Waals surface area contributed by atoms with Gasteiger partial charge in [0.1, 0.15) is 5.75 Å². The number of anilines is 1. The van der Waals surface area contributed by atoms with Gasteiger partial charge < -0.3 is 15.2 Å². The first-order chi connectivity index (χ1) is 11.7. The molecular weight excluding hydrogens is 306 g/mol. The van der Waals surface area contributed by atoms with Gasteiger partial charge >= 0.3 is 0 Å². The first-order valence-electron chi connectivity index (χ1n) is 8.06. The van der Waals surface area contributed by atoms with E-state index in [0.29, 0.717) is 29.5 Å². The van der Waals surface area contributed by atoms with Crippen LogP contribution in [0.25, 0.3) is 17.0 Å². The van der Waals surface area contributed by atoms with Crippen molar-refractivity contribution in [1.82, 2.24) is 19.6 Å². The molecule has 0 unspecified atom stereocenters.